The highest BCUT2D eigenvalue weighted by Gasteiger charge is 2.20. The molecule has 106 valence electrons. The molecule has 0 atom stereocenters. The van der Waals surface area contributed by atoms with Crippen molar-refractivity contribution < 1.29 is 22.6 Å². The Morgan fingerprint density at radius 3 is 2.58 bits per heavy atom. The standard InChI is InChI=1S/C10H13FN2O5S/c1-7(2)6-18-12-19(16,17)8-3-4-10(13(14)15)9(11)5-8/h3-5,7,12H,6H2,1-2H3. The molecule has 1 aromatic rings. The third-order valence-corrected chi connectivity index (χ3v) is 3.22. The van der Waals surface area contributed by atoms with Gasteiger partial charge in [0, 0.05) is 12.1 Å². The van der Waals surface area contributed by atoms with Crippen LogP contribution in [0.2, 0.25) is 0 Å². The molecule has 19 heavy (non-hydrogen) atoms. The number of nitro groups is 1. The van der Waals surface area contributed by atoms with Gasteiger partial charge in [-0.15, -0.1) is 0 Å². The quantitative estimate of drug-likeness (QED) is 0.634. The Labute approximate surface area is 109 Å². The number of nitro benzene ring substituents is 1. The summed E-state index contributed by atoms with van der Waals surface area (Å²) in [6, 6.07) is 2.29. The lowest BCUT2D eigenvalue weighted by molar-refractivity contribution is -0.387. The molecule has 0 unspecified atom stereocenters. The highest BCUT2D eigenvalue weighted by Crippen LogP contribution is 2.20. The van der Waals surface area contributed by atoms with Gasteiger partial charge in [0.2, 0.25) is 5.82 Å². The van der Waals surface area contributed by atoms with Crippen LogP contribution in [-0.4, -0.2) is 19.9 Å². The zero-order valence-corrected chi connectivity index (χ0v) is 11.1. The third kappa shape index (κ3) is 4.23. The molecule has 0 saturated heterocycles. The Hall–Kier alpha value is -1.58. The van der Waals surface area contributed by atoms with Crippen LogP contribution >= 0.6 is 0 Å². The second-order valence-corrected chi connectivity index (χ2v) is 5.81. The van der Waals surface area contributed by atoms with Crippen LogP contribution in [0.3, 0.4) is 0 Å². The highest BCUT2D eigenvalue weighted by atomic mass is 32.2. The first-order valence-corrected chi connectivity index (χ1v) is 6.80. The SMILES string of the molecule is CC(C)CONS(=O)(=O)c1ccc([N+](=O)[O-])c(F)c1. The van der Waals surface area contributed by atoms with Gasteiger partial charge in [-0.25, -0.2) is 8.42 Å². The number of sulfonamides is 1. The van der Waals surface area contributed by atoms with E-state index in [1.54, 1.807) is 0 Å². The van der Waals surface area contributed by atoms with Crippen LogP contribution in [0.4, 0.5) is 10.1 Å². The molecule has 0 aromatic heterocycles. The van der Waals surface area contributed by atoms with Crippen LogP contribution in [0.1, 0.15) is 13.8 Å². The molecule has 0 fully saturated rings. The fraction of sp³-hybridized carbons (Fsp3) is 0.400. The highest BCUT2D eigenvalue weighted by molar-refractivity contribution is 7.89. The van der Waals surface area contributed by atoms with Gasteiger partial charge in [0.25, 0.3) is 10.0 Å². The van der Waals surface area contributed by atoms with Crippen LogP contribution < -0.4 is 4.89 Å². The summed E-state index contributed by atoms with van der Waals surface area (Å²) in [4.78, 5) is 15.6. The molecular formula is C10H13FN2O5S. The minimum absolute atomic E-state index is 0.108. The van der Waals surface area contributed by atoms with E-state index in [-0.39, 0.29) is 12.5 Å². The molecule has 9 heteroatoms. The number of nitrogens with one attached hydrogen (secondary N) is 1. The molecule has 0 bridgehead atoms. The first-order chi connectivity index (χ1) is 8.74. The van der Waals surface area contributed by atoms with Gasteiger partial charge in [0.05, 0.1) is 16.4 Å². The Morgan fingerprint density at radius 1 is 1.47 bits per heavy atom. The van der Waals surface area contributed by atoms with Gasteiger partial charge in [-0.2, -0.15) is 4.39 Å². The number of hydrogen-bond acceptors (Lipinski definition) is 5. The van der Waals surface area contributed by atoms with Crippen molar-refractivity contribution in [3.63, 3.8) is 0 Å². The van der Waals surface area contributed by atoms with Gasteiger partial charge in [-0.1, -0.05) is 18.7 Å². The third-order valence-electron chi connectivity index (χ3n) is 2.01. The zero-order chi connectivity index (χ0) is 14.6. The van der Waals surface area contributed by atoms with Gasteiger partial charge in [-0.05, 0) is 12.0 Å². The zero-order valence-electron chi connectivity index (χ0n) is 10.3. The Kier molecular flexibility index (Phi) is 4.92. The first-order valence-electron chi connectivity index (χ1n) is 5.31. The second kappa shape index (κ2) is 6.04. The maximum Gasteiger partial charge on any atom is 0.304 e. The average molecular weight is 292 g/mol. The van der Waals surface area contributed by atoms with Crippen molar-refractivity contribution in [2.75, 3.05) is 6.61 Å². The van der Waals surface area contributed by atoms with Gasteiger partial charge in [-0.3, -0.25) is 15.0 Å². The number of rotatable bonds is 6. The molecule has 0 radical (unpaired) electrons. The van der Waals surface area contributed by atoms with Gasteiger partial charge in [0.15, 0.2) is 0 Å². The van der Waals surface area contributed by atoms with E-state index in [9.17, 15) is 22.9 Å². The summed E-state index contributed by atoms with van der Waals surface area (Å²) in [5, 5.41) is 10.4. The molecular weight excluding hydrogens is 279 g/mol. The Bertz CT molecular complexity index is 573. The van der Waals surface area contributed by atoms with E-state index in [0.717, 1.165) is 12.1 Å². The molecule has 0 heterocycles. The summed E-state index contributed by atoms with van der Waals surface area (Å²) in [7, 11) is -4.06. The number of benzene rings is 1. The van der Waals surface area contributed by atoms with Gasteiger partial charge in [0.1, 0.15) is 0 Å². The van der Waals surface area contributed by atoms with Crippen LogP contribution in [0.15, 0.2) is 23.1 Å². The van der Waals surface area contributed by atoms with E-state index in [4.69, 9.17) is 4.84 Å². The summed E-state index contributed by atoms with van der Waals surface area (Å²) in [6.07, 6.45) is 0. The van der Waals surface area contributed by atoms with Gasteiger partial charge >= 0.3 is 5.69 Å². The minimum Gasteiger partial charge on any atom is -0.287 e. The lowest BCUT2D eigenvalue weighted by Crippen LogP contribution is -2.26. The lowest BCUT2D eigenvalue weighted by Gasteiger charge is -2.08. The van der Waals surface area contributed by atoms with E-state index >= 15 is 0 Å². The average Bonchev–Trinajstić information content (AvgIpc) is 2.27. The molecule has 1 N–H and O–H groups in total. The maximum atomic E-state index is 13.3. The second-order valence-electron chi connectivity index (χ2n) is 4.16. The summed E-state index contributed by atoms with van der Waals surface area (Å²) in [5.41, 5.74) is -0.790. The summed E-state index contributed by atoms with van der Waals surface area (Å²) in [5.74, 6) is -1.12. The molecule has 1 rings (SSSR count). The minimum atomic E-state index is -4.06. The topological polar surface area (TPSA) is 98.5 Å². The van der Waals surface area contributed by atoms with E-state index in [2.05, 4.69) is 0 Å². The van der Waals surface area contributed by atoms with Crippen molar-refractivity contribution in [3.8, 4) is 0 Å². The molecule has 0 aliphatic carbocycles. The number of nitrogens with zero attached hydrogens (tertiary/aromatic N) is 1. The number of halogens is 1. The predicted octanol–water partition coefficient (Wildman–Crippen LogP) is 1.60. The van der Waals surface area contributed by atoms with Crippen LogP contribution in [-0.2, 0) is 14.9 Å². The van der Waals surface area contributed by atoms with E-state index in [0.29, 0.717) is 6.07 Å². The van der Waals surface area contributed by atoms with E-state index < -0.39 is 31.3 Å². The molecule has 0 aliphatic rings. The van der Waals surface area contributed by atoms with Crippen LogP contribution in [0.5, 0.6) is 0 Å². The Balaban J connectivity index is 2.90. The van der Waals surface area contributed by atoms with Gasteiger partial charge < -0.3 is 0 Å². The summed E-state index contributed by atoms with van der Waals surface area (Å²) in [6.45, 7) is 3.79. The van der Waals surface area contributed by atoms with Crippen LogP contribution in [0.25, 0.3) is 0 Å². The largest absolute Gasteiger partial charge is 0.304 e. The van der Waals surface area contributed by atoms with Crippen molar-refractivity contribution in [3.05, 3.63) is 34.1 Å². The van der Waals surface area contributed by atoms with Crippen molar-refractivity contribution in [2.45, 2.75) is 18.7 Å². The summed E-state index contributed by atoms with van der Waals surface area (Å²) < 4.78 is 36.7. The molecule has 0 saturated carbocycles. The fourth-order valence-corrected chi connectivity index (χ4v) is 1.95. The van der Waals surface area contributed by atoms with Crippen molar-refractivity contribution in [2.24, 2.45) is 5.92 Å². The fourth-order valence-electron chi connectivity index (χ4n) is 1.13. The normalized spacial score (nSPS) is 11.8. The molecule has 7 nitrogen and oxygen atoms in total. The molecule has 0 aliphatic heterocycles. The predicted molar refractivity (Wildman–Crippen MR) is 64.2 cm³/mol. The molecule has 0 spiro atoms. The molecule has 0 amide bonds. The lowest BCUT2D eigenvalue weighted by atomic mass is 10.2. The smallest absolute Gasteiger partial charge is 0.287 e. The first kappa shape index (κ1) is 15.5. The van der Waals surface area contributed by atoms with E-state index in [1.165, 1.54) is 0 Å². The maximum absolute atomic E-state index is 13.3. The number of hydrogen-bond donors (Lipinski definition) is 1. The monoisotopic (exact) mass is 292 g/mol. The molecule has 1 aromatic carbocycles. The van der Waals surface area contributed by atoms with Crippen LogP contribution in [0, 0.1) is 21.8 Å². The van der Waals surface area contributed by atoms with Crippen molar-refractivity contribution in [1.82, 2.24) is 4.89 Å². The Morgan fingerprint density at radius 2 is 2.11 bits per heavy atom. The summed E-state index contributed by atoms with van der Waals surface area (Å²) >= 11 is 0. The van der Waals surface area contributed by atoms with Crippen molar-refractivity contribution >= 4 is 15.7 Å². The van der Waals surface area contributed by atoms with Crippen molar-refractivity contribution in [1.29, 1.82) is 0 Å². The van der Waals surface area contributed by atoms with E-state index in [1.807, 2.05) is 18.7 Å².